The minimum Gasteiger partial charge on any atom is -0.314 e. The Bertz CT molecular complexity index is 351. The summed E-state index contributed by atoms with van der Waals surface area (Å²) in [5, 5.41) is 3.55. The van der Waals surface area contributed by atoms with Crippen LogP contribution < -0.4 is 5.32 Å². The SMILES string of the molecule is CCNC(CCCS(=O)(=O)C(C)(C)C)C1CCCC1. The second-order valence-corrected chi connectivity index (χ2v) is 9.64. The van der Waals surface area contributed by atoms with Gasteiger partial charge in [0.1, 0.15) is 0 Å². The Morgan fingerprint density at radius 1 is 1.21 bits per heavy atom. The van der Waals surface area contributed by atoms with E-state index in [1.54, 1.807) is 20.8 Å². The highest BCUT2D eigenvalue weighted by atomic mass is 32.2. The maximum atomic E-state index is 12.1. The zero-order valence-corrected chi connectivity index (χ0v) is 13.9. The lowest BCUT2D eigenvalue weighted by Gasteiger charge is -2.25. The molecule has 1 aliphatic rings. The summed E-state index contributed by atoms with van der Waals surface area (Å²) in [4.78, 5) is 0. The van der Waals surface area contributed by atoms with Crippen molar-refractivity contribution >= 4 is 9.84 Å². The van der Waals surface area contributed by atoms with Crippen molar-refractivity contribution in [3.05, 3.63) is 0 Å². The van der Waals surface area contributed by atoms with Gasteiger partial charge in [0.25, 0.3) is 0 Å². The molecule has 0 radical (unpaired) electrons. The summed E-state index contributed by atoms with van der Waals surface area (Å²) in [5.41, 5.74) is 0. The summed E-state index contributed by atoms with van der Waals surface area (Å²) < 4.78 is 23.6. The van der Waals surface area contributed by atoms with Gasteiger partial charge in [-0.2, -0.15) is 0 Å². The van der Waals surface area contributed by atoms with Gasteiger partial charge in [0.05, 0.1) is 10.5 Å². The minimum atomic E-state index is -2.96. The van der Waals surface area contributed by atoms with Gasteiger partial charge in [0, 0.05) is 6.04 Å². The maximum absolute atomic E-state index is 12.1. The molecule has 1 atom stereocenters. The van der Waals surface area contributed by atoms with Crippen LogP contribution in [0.5, 0.6) is 0 Å². The van der Waals surface area contributed by atoms with Crippen molar-refractivity contribution in [1.82, 2.24) is 5.32 Å². The normalized spacial score (nSPS) is 19.8. The maximum Gasteiger partial charge on any atom is 0.155 e. The summed E-state index contributed by atoms with van der Waals surface area (Å²) in [6.45, 7) is 8.49. The van der Waals surface area contributed by atoms with Crippen LogP contribution in [-0.4, -0.2) is 31.5 Å². The number of nitrogens with one attached hydrogen (secondary N) is 1. The summed E-state index contributed by atoms with van der Waals surface area (Å²) in [6, 6.07) is 0.516. The second-order valence-electron chi connectivity index (χ2n) is 6.78. The lowest BCUT2D eigenvalue weighted by Crippen LogP contribution is -2.36. The Balaban J connectivity index is 2.44. The van der Waals surface area contributed by atoms with Gasteiger partial charge in [0.15, 0.2) is 9.84 Å². The predicted molar refractivity (Wildman–Crippen MR) is 82.2 cm³/mol. The van der Waals surface area contributed by atoms with Crippen LogP contribution in [0.3, 0.4) is 0 Å². The summed E-state index contributed by atoms with van der Waals surface area (Å²) in [7, 11) is -2.96. The van der Waals surface area contributed by atoms with E-state index in [2.05, 4.69) is 12.2 Å². The van der Waals surface area contributed by atoms with Gasteiger partial charge < -0.3 is 5.32 Å². The highest BCUT2D eigenvalue weighted by molar-refractivity contribution is 7.92. The Kier molecular flexibility index (Phi) is 6.31. The van der Waals surface area contributed by atoms with Crippen LogP contribution in [0.4, 0.5) is 0 Å². The van der Waals surface area contributed by atoms with E-state index >= 15 is 0 Å². The van der Waals surface area contributed by atoms with Crippen molar-refractivity contribution in [2.24, 2.45) is 5.92 Å². The fourth-order valence-electron chi connectivity index (χ4n) is 2.93. The number of hydrogen-bond donors (Lipinski definition) is 1. The monoisotopic (exact) mass is 289 g/mol. The van der Waals surface area contributed by atoms with Crippen LogP contribution in [0, 0.1) is 5.92 Å². The highest BCUT2D eigenvalue weighted by Crippen LogP contribution is 2.30. The molecule has 0 amide bonds. The molecule has 1 aliphatic carbocycles. The van der Waals surface area contributed by atoms with Gasteiger partial charge in [-0.05, 0) is 58.9 Å². The fourth-order valence-corrected chi connectivity index (χ4v) is 4.08. The molecular formula is C15H31NO2S. The molecule has 114 valence electrons. The standard InChI is InChI=1S/C15H31NO2S/c1-5-16-14(13-9-6-7-10-13)11-8-12-19(17,18)15(2,3)4/h13-14,16H,5-12H2,1-4H3. The number of rotatable bonds is 7. The average Bonchev–Trinajstić information content (AvgIpc) is 2.79. The van der Waals surface area contributed by atoms with E-state index in [9.17, 15) is 8.42 Å². The van der Waals surface area contributed by atoms with Gasteiger partial charge in [-0.3, -0.25) is 0 Å². The van der Waals surface area contributed by atoms with Gasteiger partial charge in [0.2, 0.25) is 0 Å². The van der Waals surface area contributed by atoms with Gasteiger partial charge in [-0.25, -0.2) is 8.42 Å². The third kappa shape index (κ3) is 5.07. The smallest absolute Gasteiger partial charge is 0.155 e. The molecule has 0 spiro atoms. The van der Waals surface area contributed by atoms with Crippen LogP contribution in [0.1, 0.15) is 66.2 Å². The molecule has 1 unspecified atom stereocenters. The first-order chi connectivity index (χ1) is 8.78. The largest absolute Gasteiger partial charge is 0.314 e. The van der Waals surface area contributed by atoms with Crippen LogP contribution in [-0.2, 0) is 9.84 Å². The van der Waals surface area contributed by atoms with E-state index in [-0.39, 0.29) is 0 Å². The molecule has 19 heavy (non-hydrogen) atoms. The topological polar surface area (TPSA) is 46.2 Å². The van der Waals surface area contributed by atoms with Crippen LogP contribution >= 0.6 is 0 Å². The molecule has 1 saturated carbocycles. The summed E-state index contributed by atoms with van der Waals surface area (Å²) in [6.07, 6.45) is 7.08. The minimum absolute atomic E-state index is 0.325. The Labute approximate surface area is 119 Å². The van der Waals surface area contributed by atoms with E-state index in [1.165, 1.54) is 25.7 Å². The van der Waals surface area contributed by atoms with Crippen LogP contribution in [0.2, 0.25) is 0 Å². The quantitative estimate of drug-likeness (QED) is 0.783. The van der Waals surface area contributed by atoms with Gasteiger partial charge in [-0.1, -0.05) is 19.8 Å². The number of sulfone groups is 1. The van der Waals surface area contributed by atoms with Crippen molar-refractivity contribution < 1.29 is 8.42 Å². The first-order valence-corrected chi connectivity index (χ1v) is 9.39. The predicted octanol–water partition coefficient (Wildman–Crippen LogP) is 3.15. The fraction of sp³-hybridized carbons (Fsp3) is 1.00. The molecule has 0 aromatic rings. The molecule has 0 aliphatic heterocycles. The van der Waals surface area contributed by atoms with E-state index in [0.717, 1.165) is 25.3 Å². The van der Waals surface area contributed by atoms with Gasteiger partial charge >= 0.3 is 0 Å². The highest BCUT2D eigenvalue weighted by Gasteiger charge is 2.29. The first-order valence-electron chi connectivity index (χ1n) is 7.73. The van der Waals surface area contributed by atoms with Crippen molar-refractivity contribution in [3.63, 3.8) is 0 Å². The third-order valence-electron chi connectivity index (χ3n) is 4.30. The molecule has 0 aromatic heterocycles. The van der Waals surface area contributed by atoms with E-state index in [0.29, 0.717) is 11.8 Å². The van der Waals surface area contributed by atoms with Crippen LogP contribution in [0.25, 0.3) is 0 Å². The van der Waals surface area contributed by atoms with E-state index < -0.39 is 14.6 Å². The average molecular weight is 289 g/mol. The zero-order chi connectivity index (χ0) is 14.5. The second kappa shape index (κ2) is 7.07. The molecular weight excluding hydrogens is 258 g/mol. The first kappa shape index (κ1) is 17.0. The molecule has 1 fully saturated rings. The van der Waals surface area contributed by atoms with Gasteiger partial charge in [-0.15, -0.1) is 0 Å². The lowest BCUT2D eigenvalue weighted by molar-refractivity contribution is 0.343. The lowest BCUT2D eigenvalue weighted by atomic mass is 9.94. The van der Waals surface area contributed by atoms with Crippen molar-refractivity contribution in [2.45, 2.75) is 77.0 Å². The van der Waals surface area contributed by atoms with E-state index in [4.69, 9.17) is 0 Å². The molecule has 3 nitrogen and oxygen atoms in total. The van der Waals surface area contributed by atoms with E-state index in [1.807, 2.05) is 0 Å². The summed E-state index contributed by atoms with van der Waals surface area (Å²) in [5.74, 6) is 1.09. The number of hydrogen-bond acceptors (Lipinski definition) is 3. The molecule has 0 aromatic carbocycles. The molecule has 0 heterocycles. The molecule has 4 heteroatoms. The van der Waals surface area contributed by atoms with Crippen molar-refractivity contribution in [2.75, 3.05) is 12.3 Å². The Morgan fingerprint density at radius 2 is 1.79 bits per heavy atom. The van der Waals surface area contributed by atoms with Crippen LogP contribution in [0.15, 0.2) is 0 Å². The molecule has 1 N–H and O–H groups in total. The molecule has 1 rings (SSSR count). The van der Waals surface area contributed by atoms with Crippen molar-refractivity contribution in [1.29, 1.82) is 0 Å². The Hall–Kier alpha value is -0.0900. The zero-order valence-electron chi connectivity index (χ0n) is 13.0. The summed E-state index contributed by atoms with van der Waals surface area (Å²) >= 11 is 0. The Morgan fingerprint density at radius 3 is 2.26 bits per heavy atom. The third-order valence-corrected chi connectivity index (χ3v) is 6.99. The van der Waals surface area contributed by atoms with Crippen molar-refractivity contribution in [3.8, 4) is 0 Å². The molecule has 0 bridgehead atoms. The molecule has 0 saturated heterocycles.